The number of aryl methyl sites for hydroxylation is 1. The van der Waals surface area contributed by atoms with Gasteiger partial charge in [-0.3, -0.25) is 4.79 Å². The molecule has 1 amide bonds. The number of benzene rings is 1. The van der Waals surface area contributed by atoms with E-state index in [0.717, 1.165) is 18.8 Å². The average Bonchev–Trinajstić information content (AvgIpc) is 2.74. The van der Waals surface area contributed by atoms with Gasteiger partial charge < -0.3 is 20.3 Å². The zero-order valence-electron chi connectivity index (χ0n) is 16.7. The first-order valence-corrected chi connectivity index (χ1v) is 10.4. The minimum absolute atomic E-state index is 0.221. The van der Waals surface area contributed by atoms with Gasteiger partial charge in [-0.25, -0.2) is 9.97 Å². The van der Waals surface area contributed by atoms with E-state index in [9.17, 15) is 4.79 Å². The van der Waals surface area contributed by atoms with Crippen LogP contribution in [0.5, 0.6) is 0 Å². The molecule has 0 unspecified atom stereocenters. The Kier molecular flexibility index (Phi) is 6.50. The van der Waals surface area contributed by atoms with Crippen LogP contribution in [0.4, 0.5) is 23.3 Å². The Morgan fingerprint density at radius 3 is 2.55 bits per heavy atom. The third-order valence-electron chi connectivity index (χ3n) is 4.60. The molecule has 1 aliphatic heterocycles. The molecule has 3 aromatic rings. The van der Waals surface area contributed by atoms with Gasteiger partial charge in [-0.2, -0.15) is 4.98 Å². The molecule has 1 aliphatic rings. The lowest BCUT2D eigenvalue weighted by Gasteiger charge is -2.27. The van der Waals surface area contributed by atoms with Crippen LogP contribution >= 0.6 is 23.2 Å². The van der Waals surface area contributed by atoms with Crippen LogP contribution in [0.3, 0.4) is 0 Å². The summed E-state index contributed by atoms with van der Waals surface area (Å²) in [6.07, 6.45) is 1.59. The van der Waals surface area contributed by atoms with E-state index in [0.29, 0.717) is 36.5 Å². The number of hydrogen-bond donors (Lipinski definition) is 2. The molecule has 3 heterocycles. The van der Waals surface area contributed by atoms with Gasteiger partial charge in [0.15, 0.2) is 0 Å². The van der Waals surface area contributed by atoms with Gasteiger partial charge in [-0.1, -0.05) is 29.3 Å². The molecule has 0 aliphatic carbocycles. The summed E-state index contributed by atoms with van der Waals surface area (Å²) in [6.45, 7) is 4.70. The molecule has 0 atom stereocenters. The quantitative estimate of drug-likeness (QED) is 0.587. The Morgan fingerprint density at radius 1 is 1.06 bits per heavy atom. The molecular formula is C21H20Cl2N6O2. The number of ether oxygens (including phenoxy) is 1. The van der Waals surface area contributed by atoms with Crippen molar-refractivity contribution in [1.82, 2.24) is 15.0 Å². The Balaban J connectivity index is 1.51. The van der Waals surface area contributed by atoms with Gasteiger partial charge in [0.1, 0.15) is 11.6 Å². The molecule has 8 nitrogen and oxygen atoms in total. The number of morpholine rings is 1. The van der Waals surface area contributed by atoms with Crippen molar-refractivity contribution < 1.29 is 9.53 Å². The number of nitrogens with one attached hydrogen (secondary N) is 2. The highest BCUT2D eigenvalue weighted by Crippen LogP contribution is 2.26. The van der Waals surface area contributed by atoms with Crippen molar-refractivity contribution in [3.63, 3.8) is 0 Å². The second-order valence-corrected chi connectivity index (χ2v) is 7.71. The number of amides is 1. The van der Waals surface area contributed by atoms with Crippen molar-refractivity contribution in [1.29, 1.82) is 0 Å². The molecule has 0 saturated carbocycles. The maximum atomic E-state index is 12.6. The van der Waals surface area contributed by atoms with E-state index in [2.05, 4.69) is 30.5 Å². The van der Waals surface area contributed by atoms with Gasteiger partial charge in [0.05, 0.1) is 28.8 Å². The third kappa shape index (κ3) is 5.22. The number of pyridine rings is 1. The Bertz CT molecular complexity index is 1080. The van der Waals surface area contributed by atoms with Crippen LogP contribution in [0.15, 0.2) is 42.6 Å². The molecule has 2 aromatic heterocycles. The fraction of sp³-hybridized carbons (Fsp3) is 0.238. The standard InChI is InChI=1S/C21H20Cl2N6O2/c1-13-11-18(28-21(25-13)29-7-9-31-10-8-29)27-17-12-14(5-6-24-17)26-20(30)19-15(22)3-2-4-16(19)23/h2-6,11-12H,7-10H2,1H3,(H2,24,25,26,27,28,30). The molecule has 160 valence electrons. The monoisotopic (exact) mass is 458 g/mol. The molecule has 1 fully saturated rings. The van der Waals surface area contributed by atoms with Gasteiger partial charge in [0.2, 0.25) is 5.95 Å². The predicted molar refractivity (Wildman–Crippen MR) is 122 cm³/mol. The zero-order valence-corrected chi connectivity index (χ0v) is 18.2. The summed E-state index contributed by atoms with van der Waals surface area (Å²) < 4.78 is 5.39. The van der Waals surface area contributed by atoms with Gasteiger partial charge in [-0.15, -0.1) is 0 Å². The Morgan fingerprint density at radius 2 is 1.81 bits per heavy atom. The summed E-state index contributed by atoms with van der Waals surface area (Å²) in [7, 11) is 0. The topological polar surface area (TPSA) is 92.3 Å². The molecular weight excluding hydrogens is 439 g/mol. The SMILES string of the molecule is Cc1cc(Nc2cc(NC(=O)c3c(Cl)cccc3Cl)ccn2)nc(N2CCOCC2)n1. The summed E-state index contributed by atoms with van der Waals surface area (Å²) in [4.78, 5) is 28.2. The number of halogens is 2. The molecule has 10 heteroatoms. The van der Waals surface area contributed by atoms with Crippen molar-refractivity contribution in [3.8, 4) is 0 Å². The van der Waals surface area contributed by atoms with Crippen LogP contribution in [0, 0.1) is 6.92 Å². The molecule has 0 radical (unpaired) electrons. The molecule has 1 saturated heterocycles. The molecule has 1 aromatic carbocycles. The molecule has 0 spiro atoms. The third-order valence-corrected chi connectivity index (χ3v) is 5.23. The van der Waals surface area contributed by atoms with Crippen LogP contribution < -0.4 is 15.5 Å². The first-order valence-electron chi connectivity index (χ1n) is 9.66. The predicted octanol–water partition coefficient (Wildman–Crippen LogP) is 4.32. The fourth-order valence-corrected chi connectivity index (χ4v) is 3.71. The van der Waals surface area contributed by atoms with Crippen molar-refractivity contribution in [2.75, 3.05) is 41.8 Å². The minimum Gasteiger partial charge on any atom is -0.378 e. The van der Waals surface area contributed by atoms with Crippen LogP contribution in [-0.2, 0) is 4.74 Å². The highest BCUT2D eigenvalue weighted by molar-refractivity contribution is 6.40. The number of aromatic nitrogens is 3. The van der Waals surface area contributed by atoms with Crippen molar-refractivity contribution in [2.24, 2.45) is 0 Å². The van der Waals surface area contributed by atoms with Crippen LogP contribution in [0.25, 0.3) is 0 Å². The maximum absolute atomic E-state index is 12.6. The zero-order chi connectivity index (χ0) is 21.8. The largest absolute Gasteiger partial charge is 0.378 e. The van der Waals surface area contributed by atoms with E-state index in [-0.39, 0.29) is 15.6 Å². The normalized spacial score (nSPS) is 13.7. The molecule has 2 N–H and O–H groups in total. The number of hydrogen-bond acceptors (Lipinski definition) is 7. The summed E-state index contributed by atoms with van der Waals surface area (Å²) >= 11 is 12.3. The molecule has 31 heavy (non-hydrogen) atoms. The fourth-order valence-electron chi connectivity index (χ4n) is 3.14. The van der Waals surface area contributed by atoms with E-state index in [1.807, 2.05) is 13.0 Å². The van der Waals surface area contributed by atoms with E-state index in [4.69, 9.17) is 27.9 Å². The van der Waals surface area contributed by atoms with E-state index >= 15 is 0 Å². The van der Waals surface area contributed by atoms with Crippen molar-refractivity contribution in [2.45, 2.75) is 6.92 Å². The summed E-state index contributed by atoms with van der Waals surface area (Å²) in [5, 5.41) is 6.54. The second kappa shape index (κ2) is 9.47. The average molecular weight is 459 g/mol. The number of nitrogens with zero attached hydrogens (tertiary/aromatic N) is 4. The first kappa shape index (κ1) is 21.3. The number of carbonyl (C=O) groups excluding carboxylic acids is 1. The first-order chi connectivity index (χ1) is 15.0. The lowest BCUT2D eigenvalue weighted by Crippen LogP contribution is -2.37. The highest BCUT2D eigenvalue weighted by Gasteiger charge is 2.16. The highest BCUT2D eigenvalue weighted by atomic mass is 35.5. The van der Waals surface area contributed by atoms with E-state index in [1.54, 1.807) is 36.5 Å². The summed E-state index contributed by atoms with van der Waals surface area (Å²) in [5.41, 5.74) is 1.59. The van der Waals surface area contributed by atoms with Crippen LogP contribution in [0.2, 0.25) is 10.0 Å². The van der Waals surface area contributed by atoms with Gasteiger partial charge >= 0.3 is 0 Å². The lowest BCUT2D eigenvalue weighted by atomic mass is 10.2. The second-order valence-electron chi connectivity index (χ2n) is 6.90. The number of rotatable bonds is 5. The maximum Gasteiger partial charge on any atom is 0.258 e. The minimum atomic E-state index is -0.403. The lowest BCUT2D eigenvalue weighted by molar-refractivity contribution is 0.102. The van der Waals surface area contributed by atoms with Crippen LogP contribution in [0.1, 0.15) is 16.1 Å². The van der Waals surface area contributed by atoms with E-state index in [1.165, 1.54) is 0 Å². The number of anilines is 4. The summed E-state index contributed by atoms with van der Waals surface area (Å²) in [6, 6.07) is 10.1. The molecule has 4 rings (SSSR count). The van der Waals surface area contributed by atoms with Crippen molar-refractivity contribution >= 4 is 52.4 Å². The smallest absolute Gasteiger partial charge is 0.258 e. The van der Waals surface area contributed by atoms with Crippen molar-refractivity contribution in [3.05, 3.63) is 63.9 Å². The van der Waals surface area contributed by atoms with Gasteiger partial charge in [0.25, 0.3) is 5.91 Å². The summed E-state index contributed by atoms with van der Waals surface area (Å²) in [5.74, 6) is 1.37. The molecule has 0 bridgehead atoms. The van der Waals surface area contributed by atoms with Crippen LogP contribution in [-0.4, -0.2) is 47.2 Å². The van der Waals surface area contributed by atoms with Gasteiger partial charge in [0, 0.05) is 42.8 Å². The Labute approximate surface area is 189 Å². The number of carbonyl (C=O) groups is 1. The van der Waals surface area contributed by atoms with E-state index < -0.39 is 5.91 Å². The van der Waals surface area contributed by atoms with Gasteiger partial charge in [-0.05, 0) is 25.1 Å². The Hall–Kier alpha value is -2.94.